The zero-order chi connectivity index (χ0) is 19.8. The molecule has 1 amide bonds. The molecule has 2 aromatic carbocycles. The van der Waals surface area contributed by atoms with Crippen molar-refractivity contribution in [2.24, 2.45) is 0 Å². The van der Waals surface area contributed by atoms with E-state index in [4.69, 9.17) is 12.2 Å². The Bertz CT molecular complexity index is 1190. The summed E-state index contributed by atoms with van der Waals surface area (Å²) in [5, 5.41) is 18.8. The van der Waals surface area contributed by atoms with Crippen molar-refractivity contribution in [1.29, 1.82) is 0 Å². The third-order valence-corrected chi connectivity index (χ3v) is 5.36. The van der Waals surface area contributed by atoms with Gasteiger partial charge in [-0.3, -0.25) is 19.7 Å². The summed E-state index contributed by atoms with van der Waals surface area (Å²) < 4.78 is 0.277. The van der Waals surface area contributed by atoms with Gasteiger partial charge in [-0.05, 0) is 42.0 Å². The van der Waals surface area contributed by atoms with E-state index < -0.39 is 5.97 Å². The van der Waals surface area contributed by atoms with Gasteiger partial charge in [0.15, 0.2) is 4.32 Å². The highest BCUT2D eigenvalue weighted by atomic mass is 32.2. The number of fused-ring (bicyclic) bond motifs is 1. The summed E-state index contributed by atoms with van der Waals surface area (Å²) in [5.41, 5.74) is 2.20. The lowest BCUT2D eigenvalue weighted by molar-refractivity contribution is -0.113. The van der Waals surface area contributed by atoms with Crippen LogP contribution in [0.4, 0.5) is 5.69 Å². The van der Waals surface area contributed by atoms with Gasteiger partial charge in [0.05, 0.1) is 21.6 Å². The SMILES string of the molecule is O=C(O)c1cc(N2C(=O)/C(=C\c3ccc4nccnc4c3)SC2=S)ccc1O. The van der Waals surface area contributed by atoms with Crippen LogP contribution in [0, 0.1) is 0 Å². The van der Waals surface area contributed by atoms with Gasteiger partial charge < -0.3 is 10.2 Å². The summed E-state index contributed by atoms with van der Waals surface area (Å²) >= 11 is 6.42. The van der Waals surface area contributed by atoms with Gasteiger partial charge in [0.2, 0.25) is 0 Å². The van der Waals surface area contributed by atoms with E-state index in [1.54, 1.807) is 18.5 Å². The van der Waals surface area contributed by atoms with Crippen molar-refractivity contribution in [2.75, 3.05) is 4.90 Å². The number of amides is 1. The number of phenols is 1. The Kier molecular flexibility index (Phi) is 4.54. The van der Waals surface area contributed by atoms with Gasteiger partial charge in [0, 0.05) is 12.4 Å². The number of carbonyl (C=O) groups is 2. The molecule has 7 nitrogen and oxygen atoms in total. The number of benzene rings is 2. The monoisotopic (exact) mass is 409 g/mol. The molecule has 138 valence electrons. The number of aromatic nitrogens is 2. The highest BCUT2D eigenvalue weighted by molar-refractivity contribution is 8.27. The maximum absolute atomic E-state index is 12.9. The first kappa shape index (κ1) is 18.1. The van der Waals surface area contributed by atoms with Gasteiger partial charge in [0.25, 0.3) is 5.91 Å². The van der Waals surface area contributed by atoms with Gasteiger partial charge in [-0.2, -0.15) is 0 Å². The molecule has 0 aliphatic carbocycles. The highest BCUT2D eigenvalue weighted by Gasteiger charge is 2.34. The first-order valence-corrected chi connectivity index (χ1v) is 9.21. The van der Waals surface area contributed by atoms with Crippen LogP contribution in [0.3, 0.4) is 0 Å². The van der Waals surface area contributed by atoms with E-state index >= 15 is 0 Å². The Labute approximate surface area is 168 Å². The summed E-state index contributed by atoms with van der Waals surface area (Å²) in [4.78, 5) is 34.2. The van der Waals surface area contributed by atoms with Crippen LogP contribution in [0.5, 0.6) is 5.75 Å². The van der Waals surface area contributed by atoms with E-state index in [9.17, 15) is 19.8 Å². The molecule has 0 spiro atoms. The fourth-order valence-electron chi connectivity index (χ4n) is 2.75. The number of carboxylic acids is 1. The molecule has 4 rings (SSSR count). The number of carboxylic acid groups (broad SMARTS) is 1. The molecular weight excluding hydrogens is 398 g/mol. The van der Waals surface area contributed by atoms with Crippen LogP contribution in [0.1, 0.15) is 15.9 Å². The second kappa shape index (κ2) is 7.02. The lowest BCUT2D eigenvalue weighted by atomic mass is 10.1. The standard InChI is InChI=1S/C19H11N3O4S2/c23-15-4-2-11(9-12(15)18(25)26)22-17(24)16(28-19(22)27)8-10-1-3-13-14(7-10)21-6-5-20-13/h1-9,23H,(H,25,26)/b16-8+. The molecule has 1 fully saturated rings. The maximum Gasteiger partial charge on any atom is 0.339 e. The Morgan fingerprint density at radius 1 is 1.11 bits per heavy atom. The topological polar surface area (TPSA) is 104 Å². The predicted molar refractivity (Wildman–Crippen MR) is 110 cm³/mol. The molecule has 1 saturated heterocycles. The van der Waals surface area contributed by atoms with Gasteiger partial charge in [-0.1, -0.05) is 30.0 Å². The molecule has 1 aliphatic rings. The van der Waals surface area contributed by atoms with Crippen LogP contribution in [-0.2, 0) is 4.79 Å². The average molecular weight is 409 g/mol. The minimum Gasteiger partial charge on any atom is -0.507 e. The smallest absolute Gasteiger partial charge is 0.339 e. The third kappa shape index (κ3) is 3.21. The van der Waals surface area contributed by atoms with Gasteiger partial charge in [0.1, 0.15) is 11.3 Å². The number of hydrogen-bond acceptors (Lipinski definition) is 7. The zero-order valence-electron chi connectivity index (χ0n) is 14.1. The van der Waals surface area contributed by atoms with Crippen molar-refractivity contribution in [2.45, 2.75) is 0 Å². The van der Waals surface area contributed by atoms with E-state index in [1.807, 2.05) is 18.2 Å². The van der Waals surface area contributed by atoms with E-state index in [0.29, 0.717) is 10.4 Å². The van der Waals surface area contributed by atoms with E-state index in [2.05, 4.69) is 9.97 Å². The Morgan fingerprint density at radius 2 is 1.86 bits per heavy atom. The third-order valence-electron chi connectivity index (χ3n) is 4.05. The van der Waals surface area contributed by atoms with E-state index in [0.717, 1.165) is 22.8 Å². The molecule has 1 aliphatic heterocycles. The first-order valence-electron chi connectivity index (χ1n) is 7.99. The van der Waals surface area contributed by atoms with Gasteiger partial charge in [-0.25, -0.2) is 4.79 Å². The van der Waals surface area contributed by atoms with Crippen molar-refractivity contribution >= 4 is 63.0 Å². The molecule has 2 N–H and O–H groups in total. The Hall–Kier alpha value is -3.30. The Balaban J connectivity index is 1.69. The number of anilines is 1. The second-order valence-corrected chi connectivity index (χ2v) is 7.50. The van der Waals surface area contributed by atoms with Gasteiger partial charge in [-0.15, -0.1) is 0 Å². The minimum atomic E-state index is -1.29. The van der Waals surface area contributed by atoms with E-state index in [1.165, 1.54) is 23.1 Å². The molecule has 9 heteroatoms. The van der Waals surface area contributed by atoms with Crippen molar-refractivity contribution in [3.63, 3.8) is 0 Å². The molecule has 0 bridgehead atoms. The largest absolute Gasteiger partial charge is 0.507 e. The molecular formula is C19H11N3O4S2. The van der Waals surface area contributed by atoms with Gasteiger partial charge >= 0.3 is 5.97 Å². The summed E-state index contributed by atoms with van der Waals surface area (Å²) in [6.45, 7) is 0. The number of thioether (sulfide) groups is 1. The first-order chi connectivity index (χ1) is 13.4. The summed E-state index contributed by atoms with van der Waals surface area (Å²) in [6, 6.07) is 9.35. The molecule has 0 saturated carbocycles. The number of thiocarbonyl (C=S) groups is 1. The molecule has 0 unspecified atom stereocenters. The number of nitrogens with zero attached hydrogens (tertiary/aromatic N) is 3. The molecule has 1 aromatic heterocycles. The van der Waals surface area contributed by atoms with Crippen molar-refractivity contribution in [3.05, 3.63) is 64.8 Å². The fourth-order valence-corrected chi connectivity index (χ4v) is 4.05. The van der Waals surface area contributed by atoms with Crippen LogP contribution >= 0.6 is 24.0 Å². The molecule has 0 radical (unpaired) electrons. The summed E-state index contributed by atoms with van der Waals surface area (Å²) in [7, 11) is 0. The summed E-state index contributed by atoms with van der Waals surface area (Å²) in [6.07, 6.45) is 4.90. The van der Waals surface area contributed by atoms with Crippen LogP contribution in [0.15, 0.2) is 53.7 Å². The van der Waals surface area contributed by atoms with Crippen LogP contribution in [-0.4, -0.2) is 36.4 Å². The number of hydrogen-bond donors (Lipinski definition) is 2. The normalized spacial score (nSPS) is 15.6. The molecule has 2 heterocycles. The maximum atomic E-state index is 12.9. The zero-order valence-corrected chi connectivity index (χ0v) is 15.7. The Morgan fingerprint density at radius 3 is 2.61 bits per heavy atom. The second-order valence-electron chi connectivity index (χ2n) is 5.83. The summed E-state index contributed by atoms with van der Waals surface area (Å²) in [5.74, 6) is -2.04. The molecule has 3 aromatic rings. The lowest BCUT2D eigenvalue weighted by Gasteiger charge is -2.15. The fraction of sp³-hybridized carbons (Fsp3) is 0. The lowest BCUT2D eigenvalue weighted by Crippen LogP contribution is -2.27. The van der Waals surface area contributed by atoms with Crippen LogP contribution in [0.25, 0.3) is 17.1 Å². The number of rotatable bonds is 3. The van der Waals surface area contributed by atoms with Crippen LogP contribution in [0.2, 0.25) is 0 Å². The minimum absolute atomic E-state index is 0.277. The number of aromatic carboxylic acids is 1. The van der Waals surface area contributed by atoms with Crippen molar-refractivity contribution in [3.8, 4) is 5.75 Å². The quantitative estimate of drug-likeness (QED) is 0.501. The number of aromatic hydroxyl groups is 1. The van der Waals surface area contributed by atoms with E-state index in [-0.39, 0.29) is 27.2 Å². The van der Waals surface area contributed by atoms with Crippen molar-refractivity contribution < 1.29 is 19.8 Å². The highest BCUT2D eigenvalue weighted by Crippen LogP contribution is 2.37. The molecule has 0 atom stereocenters. The number of carbonyl (C=O) groups excluding carboxylic acids is 1. The predicted octanol–water partition coefficient (Wildman–Crippen LogP) is 3.44. The van der Waals surface area contributed by atoms with Crippen LogP contribution < -0.4 is 4.90 Å². The van der Waals surface area contributed by atoms with Crippen molar-refractivity contribution in [1.82, 2.24) is 9.97 Å². The molecule has 28 heavy (non-hydrogen) atoms. The average Bonchev–Trinajstić information content (AvgIpc) is 2.95.